The van der Waals surface area contributed by atoms with Crippen LogP contribution in [0.5, 0.6) is 5.75 Å². The van der Waals surface area contributed by atoms with Crippen molar-refractivity contribution in [3.63, 3.8) is 0 Å². The number of non-ortho nitro benzene ring substituents is 1. The van der Waals surface area contributed by atoms with Gasteiger partial charge in [0.2, 0.25) is 0 Å². The molecule has 0 N–H and O–H groups in total. The fourth-order valence-electron chi connectivity index (χ4n) is 2.56. The number of hydrogen-bond acceptors (Lipinski definition) is 5. The molecule has 0 aliphatic carbocycles. The molecular weight excluding hydrogens is 312 g/mol. The second-order valence-corrected chi connectivity index (χ2v) is 5.35. The third-order valence-corrected chi connectivity index (χ3v) is 3.78. The largest absolute Gasteiger partial charge is 0.490 e. The molecule has 0 saturated carbocycles. The molecule has 7 heteroatoms. The Hall–Kier alpha value is -3.22. The van der Waals surface area contributed by atoms with Crippen LogP contribution < -0.4 is 9.64 Å². The number of nitro benzene ring substituents is 1. The van der Waals surface area contributed by atoms with Gasteiger partial charge in [-0.25, -0.2) is 0 Å². The van der Waals surface area contributed by atoms with E-state index in [1.54, 1.807) is 18.2 Å². The number of ketones is 1. The van der Waals surface area contributed by atoms with Crippen molar-refractivity contribution in [1.29, 1.82) is 0 Å². The highest BCUT2D eigenvalue weighted by Gasteiger charge is 2.26. The van der Waals surface area contributed by atoms with Crippen molar-refractivity contribution in [3.8, 4) is 5.75 Å². The first-order valence-electron chi connectivity index (χ1n) is 7.31. The molecule has 0 unspecified atom stereocenters. The van der Waals surface area contributed by atoms with E-state index in [2.05, 4.69) is 0 Å². The Kier molecular flexibility index (Phi) is 3.99. The van der Waals surface area contributed by atoms with Crippen LogP contribution in [0.1, 0.15) is 27.6 Å². The van der Waals surface area contributed by atoms with Crippen LogP contribution in [0, 0.1) is 10.1 Å². The van der Waals surface area contributed by atoms with Crippen LogP contribution in [0.3, 0.4) is 0 Å². The molecule has 0 spiro atoms. The predicted molar refractivity (Wildman–Crippen MR) is 86.7 cm³/mol. The fraction of sp³-hybridized carbons (Fsp3) is 0.176. The van der Waals surface area contributed by atoms with Gasteiger partial charge < -0.3 is 9.64 Å². The minimum atomic E-state index is -0.544. The first-order chi connectivity index (χ1) is 11.5. The topological polar surface area (TPSA) is 89.8 Å². The number of rotatable bonds is 3. The van der Waals surface area contributed by atoms with Gasteiger partial charge in [0, 0.05) is 23.3 Å². The summed E-state index contributed by atoms with van der Waals surface area (Å²) >= 11 is 0. The average molecular weight is 326 g/mol. The lowest BCUT2D eigenvalue weighted by molar-refractivity contribution is -0.384. The Morgan fingerprint density at radius 1 is 1.17 bits per heavy atom. The van der Waals surface area contributed by atoms with Crippen LogP contribution in [-0.4, -0.2) is 29.8 Å². The van der Waals surface area contributed by atoms with Gasteiger partial charge in [-0.2, -0.15) is 0 Å². The van der Waals surface area contributed by atoms with Gasteiger partial charge in [0.25, 0.3) is 11.6 Å². The summed E-state index contributed by atoms with van der Waals surface area (Å²) in [5.41, 5.74) is 1.03. The molecule has 0 fully saturated rings. The van der Waals surface area contributed by atoms with E-state index >= 15 is 0 Å². The van der Waals surface area contributed by atoms with Crippen molar-refractivity contribution in [2.45, 2.75) is 6.92 Å². The summed E-state index contributed by atoms with van der Waals surface area (Å²) in [5, 5.41) is 10.9. The number of amides is 1. The Labute approximate surface area is 137 Å². The Morgan fingerprint density at radius 3 is 2.67 bits per heavy atom. The van der Waals surface area contributed by atoms with E-state index in [0.717, 1.165) is 0 Å². The van der Waals surface area contributed by atoms with Gasteiger partial charge in [0.1, 0.15) is 12.4 Å². The maximum Gasteiger partial charge on any atom is 0.270 e. The zero-order valence-corrected chi connectivity index (χ0v) is 12.9. The Balaban J connectivity index is 2.01. The number of nitrogens with zero attached hydrogens (tertiary/aromatic N) is 2. The molecule has 0 atom stereocenters. The molecule has 1 aliphatic heterocycles. The maximum atomic E-state index is 12.8. The van der Waals surface area contributed by atoms with Gasteiger partial charge >= 0.3 is 0 Å². The van der Waals surface area contributed by atoms with Gasteiger partial charge in [-0.15, -0.1) is 0 Å². The number of hydrogen-bond donors (Lipinski definition) is 0. The summed E-state index contributed by atoms with van der Waals surface area (Å²) in [6.07, 6.45) is 0. The lowest BCUT2D eigenvalue weighted by Crippen LogP contribution is -2.38. The molecule has 122 valence electrons. The van der Waals surface area contributed by atoms with Crippen LogP contribution >= 0.6 is 0 Å². The molecule has 2 aromatic rings. The van der Waals surface area contributed by atoms with E-state index in [-0.39, 0.29) is 22.9 Å². The van der Waals surface area contributed by atoms with Crippen LogP contribution in [-0.2, 0) is 0 Å². The third-order valence-electron chi connectivity index (χ3n) is 3.78. The van der Waals surface area contributed by atoms with E-state index < -0.39 is 4.92 Å². The third kappa shape index (κ3) is 2.83. The van der Waals surface area contributed by atoms with Crippen LogP contribution in [0.15, 0.2) is 42.5 Å². The quantitative estimate of drug-likeness (QED) is 0.491. The van der Waals surface area contributed by atoms with Crippen molar-refractivity contribution in [2.24, 2.45) is 0 Å². The number of nitro groups is 1. The van der Waals surface area contributed by atoms with Gasteiger partial charge in [0.15, 0.2) is 5.78 Å². The maximum absolute atomic E-state index is 12.8. The van der Waals surface area contributed by atoms with Crippen LogP contribution in [0.25, 0.3) is 0 Å². The van der Waals surface area contributed by atoms with Gasteiger partial charge in [-0.1, -0.05) is 6.07 Å². The summed E-state index contributed by atoms with van der Waals surface area (Å²) in [5.74, 6) is 0.0140. The van der Waals surface area contributed by atoms with Crippen LogP contribution in [0.2, 0.25) is 0 Å². The van der Waals surface area contributed by atoms with Gasteiger partial charge in [-0.3, -0.25) is 19.7 Å². The average Bonchev–Trinajstić information content (AvgIpc) is 2.60. The first-order valence-corrected chi connectivity index (χ1v) is 7.31. The molecule has 1 amide bonds. The summed E-state index contributed by atoms with van der Waals surface area (Å²) < 4.78 is 5.52. The number of fused-ring (bicyclic) bond motifs is 1. The number of benzene rings is 2. The van der Waals surface area contributed by atoms with E-state index in [9.17, 15) is 19.7 Å². The van der Waals surface area contributed by atoms with E-state index in [0.29, 0.717) is 30.2 Å². The first kappa shape index (κ1) is 15.7. The van der Waals surface area contributed by atoms with Gasteiger partial charge in [0.05, 0.1) is 17.2 Å². The number of carbonyl (C=O) groups excluding carboxylic acids is 2. The summed E-state index contributed by atoms with van der Waals surface area (Å²) in [7, 11) is 0. The second-order valence-electron chi connectivity index (χ2n) is 5.35. The van der Waals surface area contributed by atoms with E-state index in [1.165, 1.54) is 36.1 Å². The molecule has 0 saturated heterocycles. The fourth-order valence-corrected chi connectivity index (χ4v) is 2.56. The number of carbonyl (C=O) groups is 2. The summed E-state index contributed by atoms with van der Waals surface area (Å²) in [4.78, 5) is 36.2. The van der Waals surface area contributed by atoms with Crippen molar-refractivity contribution in [3.05, 3.63) is 63.7 Å². The van der Waals surface area contributed by atoms with E-state index in [4.69, 9.17) is 4.74 Å². The highest BCUT2D eigenvalue weighted by Crippen LogP contribution is 2.33. The smallest absolute Gasteiger partial charge is 0.270 e. The lowest BCUT2D eigenvalue weighted by Gasteiger charge is -2.30. The lowest BCUT2D eigenvalue weighted by atomic mass is 10.1. The summed E-state index contributed by atoms with van der Waals surface area (Å²) in [6.45, 7) is 2.06. The zero-order chi connectivity index (χ0) is 17.3. The Morgan fingerprint density at radius 2 is 1.96 bits per heavy atom. The van der Waals surface area contributed by atoms with Crippen LogP contribution in [0.4, 0.5) is 11.4 Å². The minimum Gasteiger partial charge on any atom is -0.490 e. The standard InChI is InChI=1S/C17H14N2O5/c1-11(20)12-5-6-16-15(10-12)18(7-8-24-16)17(21)13-3-2-4-14(9-13)19(22)23/h2-6,9-10H,7-8H2,1H3. The second kappa shape index (κ2) is 6.11. The molecule has 24 heavy (non-hydrogen) atoms. The minimum absolute atomic E-state index is 0.119. The van der Waals surface area contributed by atoms with Crippen molar-refractivity contribution in [1.82, 2.24) is 0 Å². The molecule has 1 heterocycles. The highest BCUT2D eigenvalue weighted by molar-refractivity contribution is 6.08. The highest BCUT2D eigenvalue weighted by atomic mass is 16.6. The van der Waals surface area contributed by atoms with Crippen molar-refractivity contribution in [2.75, 3.05) is 18.1 Å². The number of ether oxygens (including phenoxy) is 1. The predicted octanol–water partition coefficient (Wildman–Crippen LogP) is 2.84. The van der Waals surface area contributed by atoms with E-state index in [1.807, 2.05) is 0 Å². The normalized spacial score (nSPS) is 13.0. The number of Topliss-reactive ketones (excluding diaryl/α,β-unsaturated/α-hetero) is 1. The number of anilines is 1. The monoisotopic (exact) mass is 326 g/mol. The Bertz CT molecular complexity index is 847. The molecular formula is C17H14N2O5. The summed E-state index contributed by atoms with van der Waals surface area (Å²) in [6, 6.07) is 10.5. The van der Waals surface area contributed by atoms with Crippen molar-refractivity contribution < 1.29 is 19.2 Å². The molecule has 0 bridgehead atoms. The molecule has 2 aromatic carbocycles. The SMILES string of the molecule is CC(=O)c1ccc2c(c1)N(C(=O)c1cccc([N+](=O)[O-])c1)CCO2. The van der Waals surface area contributed by atoms with Gasteiger partial charge in [-0.05, 0) is 31.2 Å². The molecule has 7 nitrogen and oxygen atoms in total. The van der Waals surface area contributed by atoms with Crippen molar-refractivity contribution >= 4 is 23.1 Å². The molecule has 3 rings (SSSR count). The molecule has 1 aliphatic rings. The molecule has 0 radical (unpaired) electrons. The molecule has 0 aromatic heterocycles. The zero-order valence-electron chi connectivity index (χ0n) is 12.9.